The lowest BCUT2D eigenvalue weighted by molar-refractivity contribution is -0.0800. The van der Waals surface area contributed by atoms with Crippen molar-refractivity contribution < 1.29 is 14.6 Å². The lowest BCUT2D eigenvalue weighted by atomic mass is 10.1. The second kappa shape index (κ2) is 6.17. The van der Waals surface area contributed by atoms with Gasteiger partial charge in [0.25, 0.3) is 0 Å². The van der Waals surface area contributed by atoms with Crippen molar-refractivity contribution in [2.45, 2.75) is 39.0 Å². The fourth-order valence-corrected chi connectivity index (χ4v) is 2.51. The second-order valence-electron chi connectivity index (χ2n) is 5.17. The van der Waals surface area contributed by atoms with Gasteiger partial charge in [-0.2, -0.15) is 0 Å². The van der Waals surface area contributed by atoms with E-state index in [0.717, 1.165) is 31.6 Å². The average molecular weight is 263 g/mol. The number of carboxylic acids is 1. The SMILES string of the molecule is CCC1CN(Cc2ccc(C(=O)O)cc2)CC(C)O1. The van der Waals surface area contributed by atoms with E-state index >= 15 is 0 Å². The van der Waals surface area contributed by atoms with Crippen LogP contribution in [0.2, 0.25) is 0 Å². The van der Waals surface area contributed by atoms with Crippen molar-refractivity contribution >= 4 is 5.97 Å². The predicted molar refractivity (Wildman–Crippen MR) is 73.3 cm³/mol. The topological polar surface area (TPSA) is 49.8 Å². The van der Waals surface area contributed by atoms with E-state index in [1.165, 1.54) is 0 Å². The molecule has 0 spiro atoms. The molecule has 1 fully saturated rings. The van der Waals surface area contributed by atoms with E-state index in [0.29, 0.717) is 11.7 Å². The highest BCUT2D eigenvalue weighted by Crippen LogP contribution is 2.16. The number of nitrogens with zero attached hydrogens (tertiary/aromatic N) is 1. The molecular weight excluding hydrogens is 242 g/mol. The Bertz CT molecular complexity index is 430. The van der Waals surface area contributed by atoms with Crippen molar-refractivity contribution in [1.82, 2.24) is 4.90 Å². The molecule has 2 rings (SSSR count). The number of carboxylic acid groups (broad SMARTS) is 1. The van der Waals surface area contributed by atoms with Crippen LogP contribution in [0.15, 0.2) is 24.3 Å². The number of aromatic carboxylic acids is 1. The van der Waals surface area contributed by atoms with Crippen molar-refractivity contribution in [3.63, 3.8) is 0 Å². The summed E-state index contributed by atoms with van der Waals surface area (Å²) in [6.45, 7) is 6.97. The van der Waals surface area contributed by atoms with Gasteiger partial charge in [-0.3, -0.25) is 4.90 Å². The Morgan fingerprint density at radius 2 is 2.05 bits per heavy atom. The minimum atomic E-state index is -0.877. The first-order valence-electron chi connectivity index (χ1n) is 6.78. The summed E-state index contributed by atoms with van der Waals surface area (Å²) in [4.78, 5) is 13.2. The van der Waals surface area contributed by atoms with Crippen LogP contribution in [0, 0.1) is 0 Å². The Kier molecular flexibility index (Phi) is 4.56. The highest BCUT2D eigenvalue weighted by Gasteiger charge is 2.23. The first-order chi connectivity index (χ1) is 9.08. The van der Waals surface area contributed by atoms with Gasteiger partial charge in [0.1, 0.15) is 0 Å². The summed E-state index contributed by atoms with van der Waals surface area (Å²) in [5, 5.41) is 8.87. The Balaban J connectivity index is 1.98. The standard InChI is InChI=1S/C15H21NO3/c1-3-14-10-16(8-11(2)19-14)9-12-4-6-13(7-5-12)15(17)18/h4-7,11,14H,3,8-10H2,1-2H3,(H,17,18). The molecule has 0 aromatic heterocycles. The van der Waals surface area contributed by atoms with Gasteiger partial charge in [-0.25, -0.2) is 4.79 Å². The molecule has 19 heavy (non-hydrogen) atoms. The zero-order chi connectivity index (χ0) is 13.8. The average Bonchev–Trinajstić information content (AvgIpc) is 2.38. The molecule has 1 aromatic rings. The van der Waals surface area contributed by atoms with E-state index in [1.807, 2.05) is 12.1 Å². The molecule has 0 saturated carbocycles. The summed E-state index contributed by atoms with van der Waals surface area (Å²) in [5.41, 5.74) is 1.49. The molecule has 0 aliphatic carbocycles. The minimum absolute atomic E-state index is 0.261. The van der Waals surface area contributed by atoms with Crippen LogP contribution in [0.1, 0.15) is 36.2 Å². The number of benzene rings is 1. The Labute approximate surface area is 114 Å². The molecule has 4 nitrogen and oxygen atoms in total. The van der Waals surface area contributed by atoms with Crippen molar-refractivity contribution in [2.75, 3.05) is 13.1 Å². The summed E-state index contributed by atoms with van der Waals surface area (Å²) in [5.74, 6) is -0.877. The summed E-state index contributed by atoms with van der Waals surface area (Å²) < 4.78 is 5.83. The molecule has 2 unspecified atom stereocenters. The van der Waals surface area contributed by atoms with Crippen molar-refractivity contribution in [1.29, 1.82) is 0 Å². The summed E-state index contributed by atoms with van der Waals surface area (Å²) in [7, 11) is 0. The molecule has 2 atom stereocenters. The van der Waals surface area contributed by atoms with Crippen LogP contribution in [-0.2, 0) is 11.3 Å². The van der Waals surface area contributed by atoms with Crippen LogP contribution in [0.4, 0.5) is 0 Å². The lowest BCUT2D eigenvalue weighted by Crippen LogP contribution is -2.45. The van der Waals surface area contributed by atoms with Crippen LogP contribution >= 0.6 is 0 Å². The fraction of sp³-hybridized carbons (Fsp3) is 0.533. The monoisotopic (exact) mass is 263 g/mol. The number of rotatable bonds is 4. The largest absolute Gasteiger partial charge is 0.478 e. The Morgan fingerprint density at radius 1 is 1.37 bits per heavy atom. The maximum absolute atomic E-state index is 10.8. The molecule has 1 saturated heterocycles. The van der Waals surface area contributed by atoms with Gasteiger partial charge in [0, 0.05) is 19.6 Å². The molecule has 1 aromatic carbocycles. The zero-order valence-electron chi connectivity index (χ0n) is 11.5. The van der Waals surface area contributed by atoms with Crippen molar-refractivity contribution in [3.8, 4) is 0 Å². The van der Waals surface area contributed by atoms with Crippen LogP contribution in [0.5, 0.6) is 0 Å². The molecule has 0 amide bonds. The number of carbonyl (C=O) groups is 1. The van der Waals surface area contributed by atoms with Gasteiger partial charge in [-0.1, -0.05) is 19.1 Å². The first kappa shape index (κ1) is 14.0. The van der Waals surface area contributed by atoms with Gasteiger partial charge in [0.2, 0.25) is 0 Å². The molecule has 1 heterocycles. The smallest absolute Gasteiger partial charge is 0.335 e. The lowest BCUT2D eigenvalue weighted by Gasteiger charge is -2.36. The Morgan fingerprint density at radius 3 is 2.63 bits per heavy atom. The van der Waals surface area contributed by atoms with Gasteiger partial charge >= 0.3 is 5.97 Å². The molecule has 1 aliphatic heterocycles. The molecule has 1 N–H and O–H groups in total. The van der Waals surface area contributed by atoms with Crippen molar-refractivity contribution in [2.24, 2.45) is 0 Å². The van der Waals surface area contributed by atoms with Gasteiger partial charge < -0.3 is 9.84 Å². The number of ether oxygens (including phenoxy) is 1. The third kappa shape index (κ3) is 3.78. The van der Waals surface area contributed by atoms with E-state index in [4.69, 9.17) is 9.84 Å². The van der Waals surface area contributed by atoms with E-state index in [1.54, 1.807) is 12.1 Å². The van der Waals surface area contributed by atoms with Crippen molar-refractivity contribution in [3.05, 3.63) is 35.4 Å². The number of hydrogen-bond acceptors (Lipinski definition) is 3. The molecule has 0 radical (unpaired) electrons. The van der Waals surface area contributed by atoms with Gasteiger partial charge in [-0.05, 0) is 31.0 Å². The maximum atomic E-state index is 10.8. The molecule has 0 bridgehead atoms. The van der Waals surface area contributed by atoms with Crippen LogP contribution in [0.25, 0.3) is 0 Å². The number of hydrogen-bond donors (Lipinski definition) is 1. The second-order valence-corrected chi connectivity index (χ2v) is 5.17. The minimum Gasteiger partial charge on any atom is -0.478 e. The zero-order valence-corrected chi connectivity index (χ0v) is 11.5. The van der Waals surface area contributed by atoms with E-state index in [2.05, 4.69) is 18.7 Å². The van der Waals surface area contributed by atoms with E-state index in [-0.39, 0.29) is 6.10 Å². The molecular formula is C15H21NO3. The van der Waals surface area contributed by atoms with Crippen LogP contribution in [0.3, 0.4) is 0 Å². The predicted octanol–water partition coefficient (Wildman–Crippen LogP) is 2.38. The number of morpholine rings is 1. The van der Waals surface area contributed by atoms with Gasteiger partial charge in [0.05, 0.1) is 17.8 Å². The summed E-state index contributed by atoms with van der Waals surface area (Å²) in [6, 6.07) is 7.12. The molecule has 1 aliphatic rings. The van der Waals surface area contributed by atoms with E-state index < -0.39 is 5.97 Å². The normalized spacial score (nSPS) is 24.3. The first-order valence-corrected chi connectivity index (χ1v) is 6.78. The highest BCUT2D eigenvalue weighted by molar-refractivity contribution is 5.87. The maximum Gasteiger partial charge on any atom is 0.335 e. The fourth-order valence-electron chi connectivity index (χ4n) is 2.51. The van der Waals surface area contributed by atoms with Crippen LogP contribution < -0.4 is 0 Å². The summed E-state index contributed by atoms with van der Waals surface area (Å²) in [6.07, 6.45) is 1.60. The van der Waals surface area contributed by atoms with E-state index in [9.17, 15) is 4.79 Å². The summed E-state index contributed by atoms with van der Waals surface area (Å²) >= 11 is 0. The third-order valence-corrected chi connectivity index (χ3v) is 3.46. The van der Waals surface area contributed by atoms with Gasteiger partial charge in [0.15, 0.2) is 0 Å². The molecule has 4 heteroatoms. The molecule has 104 valence electrons. The highest BCUT2D eigenvalue weighted by atomic mass is 16.5. The Hall–Kier alpha value is -1.39. The van der Waals surface area contributed by atoms with Gasteiger partial charge in [-0.15, -0.1) is 0 Å². The third-order valence-electron chi connectivity index (χ3n) is 3.46. The van der Waals surface area contributed by atoms with Crippen LogP contribution in [-0.4, -0.2) is 41.3 Å². The quantitative estimate of drug-likeness (QED) is 0.906.